The van der Waals surface area contributed by atoms with Gasteiger partial charge in [-0.2, -0.15) is 5.26 Å². The molecule has 6 heteroatoms. The fourth-order valence-corrected chi connectivity index (χ4v) is 3.02. The van der Waals surface area contributed by atoms with Crippen LogP contribution in [-0.2, 0) is 0 Å². The number of amides is 1. The average molecular weight is 372 g/mol. The highest BCUT2D eigenvalue weighted by Crippen LogP contribution is 2.28. The maximum absolute atomic E-state index is 12.9. The number of benzene rings is 2. The molecule has 0 unspecified atom stereocenters. The highest BCUT2D eigenvalue weighted by Gasteiger charge is 2.33. The summed E-state index contributed by atoms with van der Waals surface area (Å²) in [5.41, 5.74) is 1.03. The Morgan fingerprint density at radius 1 is 0.929 bits per heavy atom. The Morgan fingerprint density at radius 2 is 1.50 bits per heavy atom. The number of nitrogens with one attached hydrogen (secondary N) is 1. The van der Waals surface area contributed by atoms with Gasteiger partial charge in [0, 0.05) is 34.4 Å². The third kappa shape index (κ3) is 3.38. The molecule has 0 saturated heterocycles. The summed E-state index contributed by atoms with van der Waals surface area (Å²) >= 11 is 0. The van der Waals surface area contributed by atoms with Crippen LogP contribution in [0.4, 0.5) is 0 Å². The Labute approximate surface area is 161 Å². The minimum atomic E-state index is -0.554. The molecule has 0 bridgehead atoms. The fraction of sp³-hybridized carbons (Fsp3) is 0.136. The number of hydrogen-bond donors (Lipinski definition) is 1. The number of Topliss-reactive ketones (excluding diaryl/α,β-unsaturated/α-hetero) is 3. The van der Waals surface area contributed by atoms with Crippen LogP contribution in [0.2, 0.25) is 0 Å². The molecule has 0 radical (unpaired) electrons. The zero-order valence-corrected chi connectivity index (χ0v) is 15.1. The molecule has 2 aromatic carbocycles. The molecule has 6 nitrogen and oxygen atoms in total. The summed E-state index contributed by atoms with van der Waals surface area (Å²) in [6, 6.07) is 14.2. The highest BCUT2D eigenvalue weighted by molar-refractivity contribution is 6.39. The summed E-state index contributed by atoms with van der Waals surface area (Å²) in [6.07, 6.45) is 0.202. The van der Waals surface area contributed by atoms with Crippen LogP contribution in [0.3, 0.4) is 0 Å². The summed E-state index contributed by atoms with van der Waals surface area (Å²) in [5, 5.41) is 11.1. The predicted octanol–water partition coefficient (Wildman–Crippen LogP) is 2.91. The summed E-state index contributed by atoms with van der Waals surface area (Å²) in [5.74, 6) is -1.73. The molecule has 1 N–H and O–H groups in total. The van der Waals surface area contributed by atoms with Gasteiger partial charge in [0.15, 0.2) is 17.3 Å². The Balaban J connectivity index is 1.87. The van der Waals surface area contributed by atoms with Crippen molar-refractivity contribution in [3.05, 3.63) is 81.9 Å². The number of hydrogen-bond acceptors (Lipinski definition) is 5. The van der Waals surface area contributed by atoms with Gasteiger partial charge in [-0.15, -0.1) is 0 Å². The van der Waals surface area contributed by atoms with Gasteiger partial charge in [0.1, 0.15) is 0 Å². The van der Waals surface area contributed by atoms with Crippen molar-refractivity contribution < 1.29 is 19.2 Å². The maximum atomic E-state index is 12.9. The maximum Gasteiger partial charge on any atom is 0.251 e. The van der Waals surface area contributed by atoms with Crippen molar-refractivity contribution in [2.45, 2.75) is 13.3 Å². The molecule has 2 aromatic rings. The first kappa shape index (κ1) is 18.9. The molecule has 0 spiro atoms. The van der Waals surface area contributed by atoms with Gasteiger partial charge >= 0.3 is 0 Å². The van der Waals surface area contributed by atoms with Gasteiger partial charge < -0.3 is 5.32 Å². The van der Waals surface area contributed by atoms with E-state index in [0.29, 0.717) is 11.1 Å². The van der Waals surface area contributed by atoms with E-state index in [-0.39, 0.29) is 46.9 Å². The number of rotatable bonds is 5. The molecule has 0 atom stereocenters. The van der Waals surface area contributed by atoms with Crippen LogP contribution < -0.4 is 5.32 Å². The summed E-state index contributed by atoms with van der Waals surface area (Å²) in [4.78, 5) is 50.2. The van der Waals surface area contributed by atoms with E-state index in [1.807, 2.05) is 6.07 Å². The number of nitriles is 1. The average Bonchev–Trinajstić information content (AvgIpc) is 2.72. The Morgan fingerprint density at radius 3 is 2.11 bits per heavy atom. The van der Waals surface area contributed by atoms with Gasteiger partial charge in [0.05, 0.1) is 18.1 Å². The normalized spacial score (nSPS) is 13.0. The minimum absolute atomic E-state index is 0.118. The van der Waals surface area contributed by atoms with Crippen LogP contribution >= 0.6 is 0 Å². The molecule has 0 aliphatic heterocycles. The Kier molecular flexibility index (Phi) is 5.28. The van der Waals surface area contributed by atoms with E-state index in [1.165, 1.54) is 37.3 Å². The Bertz CT molecular complexity index is 1070. The van der Waals surface area contributed by atoms with Crippen molar-refractivity contribution in [2.75, 3.05) is 6.54 Å². The fourth-order valence-electron chi connectivity index (χ4n) is 3.02. The van der Waals surface area contributed by atoms with E-state index in [0.717, 1.165) is 0 Å². The molecule has 1 aliphatic rings. The van der Waals surface area contributed by atoms with Crippen molar-refractivity contribution in [3.8, 4) is 6.07 Å². The van der Waals surface area contributed by atoms with Crippen LogP contribution in [0.25, 0.3) is 0 Å². The summed E-state index contributed by atoms with van der Waals surface area (Å²) < 4.78 is 0. The molecule has 0 aromatic heterocycles. The van der Waals surface area contributed by atoms with Gasteiger partial charge in [-0.25, -0.2) is 0 Å². The topological polar surface area (TPSA) is 104 Å². The SMILES string of the molecule is CC1=C(C(=O)c2ccc(C(=O)NCCC#N)cc2)C(=O)c2ccccc2C1=O. The number of fused-ring (bicyclic) bond motifs is 1. The lowest BCUT2D eigenvalue weighted by Crippen LogP contribution is -2.26. The van der Waals surface area contributed by atoms with Crippen LogP contribution in [0.1, 0.15) is 54.8 Å². The monoisotopic (exact) mass is 372 g/mol. The van der Waals surface area contributed by atoms with E-state index in [9.17, 15) is 19.2 Å². The van der Waals surface area contributed by atoms with Crippen LogP contribution in [0.15, 0.2) is 59.7 Å². The minimum Gasteiger partial charge on any atom is -0.351 e. The van der Waals surface area contributed by atoms with Crippen LogP contribution in [-0.4, -0.2) is 29.8 Å². The first-order valence-corrected chi connectivity index (χ1v) is 8.65. The molecule has 0 saturated carbocycles. The molecule has 138 valence electrons. The molecule has 0 heterocycles. The van der Waals surface area contributed by atoms with Gasteiger partial charge in [0.2, 0.25) is 0 Å². The van der Waals surface area contributed by atoms with Gasteiger partial charge in [-0.3, -0.25) is 19.2 Å². The molecule has 3 rings (SSSR count). The van der Waals surface area contributed by atoms with Crippen molar-refractivity contribution in [3.63, 3.8) is 0 Å². The zero-order chi connectivity index (χ0) is 20.3. The van der Waals surface area contributed by atoms with Gasteiger partial charge in [-0.1, -0.05) is 36.4 Å². The van der Waals surface area contributed by atoms with Crippen molar-refractivity contribution in [1.29, 1.82) is 5.26 Å². The lowest BCUT2D eigenvalue weighted by Gasteiger charge is -2.18. The van der Waals surface area contributed by atoms with Gasteiger partial charge in [-0.05, 0) is 19.1 Å². The van der Waals surface area contributed by atoms with E-state index < -0.39 is 11.6 Å². The van der Waals surface area contributed by atoms with E-state index >= 15 is 0 Å². The molecule has 1 amide bonds. The second-order valence-corrected chi connectivity index (χ2v) is 6.27. The van der Waals surface area contributed by atoms with E-state index in [4.69, 9.17) is 5.26 Å². The highest BCUT2D eigenvalue weighted by atomic mass is 16.2. The second kappa shape index (κ2) is 7.80. The molecule has 1 aliphatic carbocycles. The van der Waals surface area contributed by atoms with Gasteiger partial charge in [0.25, 0.3) is 5.91 Å². The lowest BCUT2D eigenvalue weighted by molar-refractivity contribution is 0.0925. The Hall–Kier alpha value is -3.85. The number of carbonyl (C=O) groups excluding carboxylic acids is 4. The number of allylic oxidation sites excluding steroid dienone is 2. The molecular formula is C22H16N2O4. The molecule has 0 fully saturated rings. The first-order valence-electron chi connectivity index (χ1n) is 8.65. The summed E-state index contributed by atoms with van der Waals surface area (Å²) in [7, 11) is 0. The third-order valence-electron chi connectivity index (χ3n) is 4.52. The molecule has 28 heavy (non-hydrogen) atoms. The van der Waals surface area contributed by atoms with Crippen LogP contribution in [0.5, 0.6) is 0 Å². The standard InChI is InChI=1S/C22H16N2O4/c1-13-18(21(27)17-6-3-2-5-16(17)19(13)25)20(26)14-7-9-15(10-8-14)22(28)24-12-4-11-23/h2-3,5-10H,4,12H2,1H3,(H,24,28). The zero-order valence-electron chi connectivity index (χ0n) is 15.1. The predicted molar refractivity (Wildman–Crippen MR) is 101 cm³/mol. The number of carbonyl (C=O) groups is 4. The smallest absolute Gasteiger partial charge is 0.251 e. The van der Waals surface area contributed by atoms with E-state index in [1.54, 1.807) is 18.2 Å². The quantitative estimate of drug-likeness (QED) is 0.494. The first-order chi connectivity index (χ1) is 13.5. The van der Waals surface area contributed by atoms with E-state index in [2.05, 4.69) is 5.32 Å². The number of nitrogens with zero attached hydrogens (tertiary/aromatic N) is 1. The van der Waals surface area contributed by atoms with Crippen LogP contribution in [0, 0.1) is 11.3 Å². The van der Waals surface area contributed by atoms with Crippen molar-refractivity contribution >= 4 is 23.3 Å². The lowest BCUT2D eigenvalue weighted by atomic mass is 9.81. The number of ketones is 3. The second-order valence-electron chi connectivity index (χ2n) is 6.27. The van der Waals surface area contributed by atoms with Crippen molar-refractivity contribution in [1.82, 2.24) is 5.32 Å². The molecular weight excluding hydrogens is 356 g/mol. The largest absolute Gasteiger partial charge is 0.351 e. The van der Waals surface area contributed by atoms with Crippen molar-refractivity contribution in [2.24, 2.45) is 0 Å². The summed E-state index contributed by atoms with van der Waals surface area (Å²) in [6.45, 7) is 1.71. The third-order valence-corrected chi connectivity index (χ3v) is 4.52.